The Balaban J connectivity index is 1.91. The van der Waals surface area contributed by atoms with Crippen molar-refractivity contribution in [3.05, 3.63) is 35.9 Å². The van der Waals surface area contributed by atoms with Gasteiger partial charge in [0.15, 0.2) is 0 Å². The van der Waals surface area contributed by atoms with Crippen LogP contribution in [0.4, 0.5) is 0 Å². The predicted molar refractivity (Wildman–Crippen MR) is 74.9 cm³/mol. The second kappa shape index (κ2) is 6.17. The molecule has 1 saturated heterocycles. The largest absolute Gasteiger partial charge is 0.449 e. The number of ether oxygens (including phenoxy) is 1. The molecule has 1 aromatic rings. The van der Waals surface area contributed by atoms with Gasteiger partial charge in [0.25, 0.3) is 0 Å². The Morgan fingerprint density at radius 3 is 2.53 bits per heavy atom. The zero-order valence-electron chi connectivity index (χ0n) is 11.7. The maximum atomic E-state index is 12.2. The molecular weight excluding hydrogens is 240 g/mol. The van der Waals surface area contributed by atoms with E-state index in [1.54, 1.807) is 0 Å². The van der Waals surface area contributed by atoms with Crippen molar-refractivity contribution in [2.75, 3.05) is 32.9 Å². The third-order valence-corrected chi connectivity index (χ3v) is 3.59. The van der Waals surface area contributed by atoms with Gasteiger partial charge in [0.1, 0.15) is 6.73 Å². The maximum absolute atomic E-state index is 12.2. The fourth-order valence-corrected chi connectivity index (χ4v) is 2.14. The van der Waals surface area contributed by atoms with Gasteiger partial charge in [-0.15, -0.1) is 0 Å². The van der Waals surface area contributed by atoms with E-state index in [0.717, 1.165) is 31.7 Å². The fraction of sp³-hybridized carbons (Fsp3) is 0.533. The number of nitrogens with one attached hydrogen (secondary N) is 1. The summed E-state index contributed by atoms with van der Waals surface area (Å²) in [6.07, 6.45) is 0. The number of benzene rings is 1. The van der Waals surface area contributed by atoms with E-state index < -0.39 is 5.41 Å². The molecule has 1 aromatic carbocycles. The Bertz CT molecular complexity index is 411. The smallest absolute Gasteiger partial charge is 0.317 e. The number of esters is 1. The number of hydrogen-bond donors (Lipinski definition) is 1. The lowest BCUT2D eigenvalue weighted by Gasteiger charge is -2.29. The quantitative estimate of drug-likeness (QED) is 0.832. The minimum Gasteiger partial charge on any atom is -0.449 e. The van der Waals surface area contributed by atoms with Crippen LogP contribution in [-0.2, 0) is 14.9 Å². The van der Waals surface area contributed by atoms with Crippen molar-refractivity contribution in [1.29, 1.82) is 0 Å². The van der Waals surface area contributed by atoms with Crippen LogP contribution in [0, 0.1) is 0 Å². The molecule has 0 atom stereocenters. The lowest BCUT2D eigenvalue weighted by molar-refractivity contribution is -0.154. The van der Waals surface area contributed by atoms with Crippen LogP contribution in [0.3, 0.4) is 0 Å². The highest BCUT2D eigenvalue weighted by molar-refractivity contribution is 5.82. The van der Waals surface area contributed by atoms with Crippen molar-refractivity contribution >= 4 is 5.97 Å². The zero-order valence-corrected chi connectivity index (χ0v) is 11.7. The van der Waals surface area contributed by atoms with Gasteiger partial charge in [0.2, 0.25) is 0 Å². The third kappa shape index (κ3) is 3.55. The molecule has 0 radical (unpaired) electrons. The van der Waals surface area contributed by atoms with Gasteiger partial charge >= 0.3 is 5.97 Å². The van der Waals surface area contributed by atoms with E-state index in [-0.39, 0.29) is 5.97 Å². The number of carbonyl (C=O) groups excluding carboxylic acids is 1. The van der Waals surface area contributed by atoms with Crippen molar-refractivity contribution in [2.45, 2.75) is 19.3 Å². The van der Waals surface area contributed by atoms with E-state index in [0.29, 0.717) is 6.73 Å². The number of piperazine rings is 1. The van der Waals surface area contributed by atoms with E-state index in [1.807, 2.05) is 44.2 Å². The minimum absolute atomic E-state index is 0.169. The van der Waals surface area contributed by atoms with Crippen molar-refractivity contribution in [1.82, 2.24) is 10.2 Å². The second-order valence-corrected chi connectivity index (χ2v) is 5.42. The molecule has 2 rings (SSSR count). The molecule has 0 amide bonds. The zero-order chi connectivity index (χ0) is 13.7. The lowest BCUT2D eigenvalue weighted by Crippen LogP contribution is -2.45. The Labute approximate surface area is 114 Å². The molecule has 1 heterocycles. The molecule has 0 bridgehead atoms. The van der Waals surface area contributed by atoms with E-state index in [4.69, 9.17) is 4.74 Å². The first-order valence-electron chi connectivity index (χ1n) is 6.76. The van der Waals surface area contributed by atoms with Gasteiger partial charge in [-0.2, -0.15) is 0 Å². The highest BCUT2D eigenvalue weighted by Crippen LogP contribution is 2.24. The second-order valence-electron chi connectivity index (χ2n) is 5.42. The predicted octanol–water partition coefficient (Wildman–Crippen LogP) is 1.37. The molecule has 19 heavy (non-hydrogen) atoms. The SMILES string of the molecule is CC(C)(C(=O)OCN1CCNCC1)c1ccccc1. The van der Waals surface area contributed by atoms with Crippen LogP contribution < -0.4 is 5.32 Å². The van der Waals surface area contributed by atoms with Crippen LogP contribution in [0.2, 0.25) is 0 Å². The number of carbonyl (C=O) groups is 1. The molecule has 4 nitrogen and oxygen atoms in total. The Hall–Kier alpha value is -1.39. The van der Waals surface area contributed by atoms with Crippen LogP contribution in [0.5, 0.6) is 0 Å². The first kappa shape index (κ1) is 14.0. The molecule has 104 valence electrons. The molecule has 0 spiro atoms. The van der Waals surface area contributed by atoms with Crippen LogP contribution in [-0.4, -0.2) is 43.8 Å². The van der Waals surface area contributed by atoms with Crippen LogP contribution in [0.1, 0.15) is 19.4 Å². The Morgan fingerprint density at radius 1 is 1.26 bits per heavy atom. The first-order valence-corrected chi connectivity index (χ1v) is 6.76. The van der Waals surface area contributed by atoms with Crippen LogP contribution >= 0.6 is 0 Å². The van der Waals surface area contributed by atoms with Gasteiger partial charge in [0, 0.05) is 26.2 Å². The van der Waals surface area contributed by atoms with Gasteiger partial charge in [0.05, 0.1) is 5.41 Å². The van der Waals surface area contributed by atoms with Gasteiger partial charge in [-0.1, -0.05) is 30.3 Å². The van der Waals surface area contributed by atoms with E-state index in [1.165, 1.54) is 0 Å². The molecule has 0 aromatic heterocycles. The van der Waals surface area contributed by atoms with E-state index in [9.17, 15) is 4.79 Å². The van der Waals surface area contributed by atoms with Crippen LogP contribution in [0.25, 0.3) is 0 Å². The molecule has 0 saturated carbocycles. The average Bonchev–Trinajstić information content (AvgIpc) is 2.46. The van der Waals surface area contributed by atoms with Gasteiger partial charge in [-0.25, -0.2) is 0 Å². The van der Waals surface area contributed by atoms with Crippen LogP contribution in [0.15, 0.2) is 30.3 Å². The standard InChI is InChI=1S/C15H22N2O2/c1-15(2,13-6-4-3-5-7-13)14(18)19-12-17-10-8-16-9-11-17/h3-7,16H,8-12H2,1-2H3. The summed E-state index contributed by atoms with van der Waals surface area (Å²) in [5, 5.41) is 3.28. The molecule has 1 aliphatic heterocycles. The van der Waals surface area contributed by atoms with E-state index in [2.05, 4.69) is 10.2 Å². The highest BCUT2D eigenvalue weighted by Gasteiger charge is 2.31. The lowest BCUT2D eigenvalue weighted by atomic mass is 9.85. The Kier molecular flexibility index (Phi) is 4.56. The number of nitrogens with zero attached hydrogens (tertiary/aromatic N) is 1. The number of hydrogen-bond acceptors (Lipinski definition) is 4. The fourth-order valence-electron chi connectivity index (χ4n) is 2.14. The third-order valence-electron chi connectivity index (χ3n) is 3.59. The minimum atomic E-state index is -0.602. The molecule has 0 unspecified atom stereocenters. The van der Waals surface area contributed by atoms with Crippen molar-refractivity contribution in [3.63, 3.8) is 0 Å². The summed E-state index contributed by atoms with van der Waals surface area (Å²) < 4.78 is 5.46. The summed E-state index contributed by atoms with van der Waals surface area (Å²) >= 11 is 0. The maximum Gasteiger partial charge on any atom is 0.317 e. The monoisotopic (exact) mass is 262 g/mol. The molecule has 1 fully saturated rings. The van der Waals surface area contributed by atoms with E-state index >= 15 is 0 Å². The Morgan fingerprint density at radius 2 is 1.89 bits per heavy atom. The van der Waals surface area contributed by atoms with Gasteiger partial charge in [-0.3, -0.25) is 9.69 Å². The molecule has 0 aliphatic carbocycles. The van der Waals surface area contributed by atoms with Gasteiger partial charge < -0.3 is 10.1 Å². The summed E-state index contributed by atoms with van der Waals surface area (Å²) in [6.45, 7) is 7.97. The molecule has 4 heteroatoms. The normalized spacial score (nSPS) is 17.2. The van der Waals surface area contributed by atoms with Gasteiger partial charge in [-0.05, 0) is 19.4 Å². The van der Waals surface area contributed by atoms with Crippen molar-refractivity contribution < 1.29 is 9.53 Å². The molecular formula is C15H22N2O2. The molecule has 1 aliphatic rings. The average molecular weight is 262 g/mol. The summed E-state index contributed by atoms with van der Waals surface area (Å²) in [7, 11) is 0. The summed E-state index contributed by atoms with van der Waals surface area (Å²) in [4.78, 5) is 14.4. The van der Waals surface area contributed by atoms with Crippen molar-refractivity contribution in [2.24, 2.45) is 0 Å². The summed E-state index contributed by atoms with van der Waals surface area (Å²) in [5.41, 5.74) is 0.385. The summed E-state index contributed by atoms with van der Waals surface area (Å²) in [6, 6.07) is 9.77. The summed E-state index contributed by atoms with van der Waals surface area (Å²) in [5.74, 6) is -0.169. The highest BCUT2D eigenvalue weighted by atomic mass is 16.5. The van der Waals surface area contributed by atoms with Crippen molar-refractivity contribution in [3.8, 4) is 0 Å². The first-order chi connectivity index (χ1) is 9.10. The number of rotatable bonds is 4. The topological polar surface area (TPSA) is 41.6 Å². The molecule has 1 N–H and O–H groups in total.